The highest BCUT2D eigenvalue weighted by Crippen LogP contribution is 2.16. The molecule has 1 aromatic rings. The fraction of sp³-hybridized carbons (Fsp3) is 0.273. The van der Waals surface area contributed by atoms with Crippen LogP contribution in [-0.2, 0) is 0 Å². The normalized spacial score (nSPS) is 9.31. The second kappa shape index (κ2) is 4.51. The fourth-order valence-electron chi connectivity index (χ4n) is 1.11. The zero-order valence-electron chi connectivity index (χ0n) is 7.63. The monoisotopic (exact) mass is 177 g/mol. The maximum absolute atomic E-state index is 13.2. The molecule has 0 unspecified atom stereocenters. The molecule has 0 fully saturated rings. The number of hydrogen-bond donors (Lipinski definition) is 0. The van der Waals surface area contributed by atoms with Gasteiger partial charge in [0.1, 0.15) is 5.82 Å². The van der Waals surface area contributed by atoms with Gasteiger partial charge in [0.15, 0.2) is 0 Å². The van der Waals surface area contributed by atoms with E-state index < -0.39 is 0 Å². The van der Waals surface area contributed by atoms with Crippen molar-refractivity contribution in [3.8, 4) is 12.3 Å². The van der Waals surface area contributed by atoms with Gasteiger partial charge in [0.25, 0.3) is 0 Å². The van der Waals surface area contributed by atoms with E-state index in [9.17, 15) is 4.39 Å². The number of nitrogens with zero attached hydrogens (tertiary/aromatic N) is 1. The largest absolute Gasteiger partial charge is 0.371 e. The zero-order chi connectivity index (χ0) is 9.68. The molecule has 0 aliphatic rings. The number of anilines is 1. The van der Waals surface area contributed by atoms with E-state index in [4.69, 9.17) is 6.42 Å². The Morgan fingerprint density at radius 2 is 2.15 bits per heavy atom. The van der Waals surface area contributed by atoms with Crippen LogP contribution in [0.1, 0.15) is 6.42 Å². The quantitative estimate of drug-likeness (QED) is 0.640. The van der Waals surface area contributed by atoms with Crippen LogP contribution in [0.5, 0.6) is 0 Å². The van der Waals surface area contributed by atoms with Crippen molar-refractivity contribution in [2.24, 2.45) is 0 Å². The first-order valence-corrected chi connectivity index (χ1v) is 4.15. The Morgan fingerprint density at radius 1 is 1.46 bits per heavy atom. The molecule has 0 spiro atoms. The topological polar surface area (TPSA) is 3.24 Å². The molecule has 0 aromatic heterocycles. The van der Waals surface area contributed by atoms with Gasteiger partial charge >= 0.3 is 0 Å². The van der Waals surface area contributed by atoms with E-state index in [1.165, 1.54) is 6.07 Å². The number of terminal acetylenes is 1. The molecule has 2 heteroatoms. The smallest absolute Gasteiger partial charge is 0.146 e. The summed E-state index contributed by atoms with van der Waals surface area (Å²) in [5.74, 6) is 2.32. The van der Waals surface area contributed by atoms with Crippen molar-refractivity contribution < 1.29 is 4.39 Å². The van der Waals surface area contributed by atoms with Crippen molar-refractivity contribution >= 4 is 5.69 Å². The highest BCUT2D eigenvalue weighted by atomic mass is 19.1. The third kappa shape index (κ3) is 2.48. The van der Waals surface area contributed by atoms with E-state index in [1.807, 2.05) is 18.0 Å². The lowest BCUT2D eigenvalue weighted by Gasteiger charge is -2.18. The Morgan fingerprint density at radius 3 is 2.77 bits per heavy atom. The Bertz CT molecular complexity index is 314. The lowest BCUT2D eigenvalue weighted by molar-refractivity contribution is 0.623. The fourth-order valence-corrected chi connectivity index (χ4v) is 1.11. The van der Waals surface area contributed by atoms with Crippen molar-refractivity contribution in [2.75, 3.05) is 18.5 Å². The SMILES string of the molecule is C#CCCN(C)c1ccccc1F. The predicted octanol–water partition coefficient (Wildman–Crippen LogP) is 2.29. The van der Waals surface area contributed by atoms with Crippen molar-refractivity contribution in [3.05, 3.63) is 30.1 Å². The third-order valence-electron chi connectivity index (χ3n) is 1.86. The summed E-state index contributed by atoms with van der Waals surface area (Å²) in [4.78, 5) is 1.81. The molecular formula is C11H12FN. The number of hydrogen-bond acceptors (Lipinski definition) is 1. The van der Waals surface area contributed by atoms with Crippen LogP contribution in [0.15, 0.2) is 24.3 Å². The van der Waals surface area contributed by atoms with E-state index in [2.05, 4.69) is 5.92 Å². The van der Waals surface area contributed by atoms with Gasteiger partial charge < -0.3 is 4.90 Å². The van der Waals surface area contributed by atoms with Gasteiger partial charge in [0.05, 0.1) is 5.69 Å². The van der Waals surface area contributed by atoms with E-state index in [0.717, 1.165) is 0 Å². The highest BCUT2D eigenvalue weighted by Gasteiger charge is 2.04. The summed E-state index contributed by atoms with van der Waals surface area (Å²) in [6.07, 6.45) is 5.75. The molecule has 0 atom stereocenters. The van der Waals surface area contributed by atoms with Crippen LogP contribution in [0, 0.1) is 18.2 Å². The molecule has 0 N–H and O–H groups in total. The van der Waals surface area contributed by atoms with Gasteiger partial charge in [0.2, 0.25) is 0 Å². The van der Waals surface area contributed by atoms with Crippen LogP contribution in [0.25, 0.3) is 0 Å². The van der Waals surface area contributed by atoms with E-state index >= 15 is 0 Å². The molecule has 1 aromatic carbocycles. The molecule has 1 rings (SSSR count). The van der Waals surface area contributed by atoms with E-state index in [-0.39, 0.29) is 5.82 Å². The molecule has 0 radical (unpaired) electrons. The van der Waals surface area contributed by atoms with Crippen molar-refractivity contribution in [1.29, 1.82) is 0 Å². The van der Waals surface area contributed by atoms with Crippen LogP contribution in [0.3, 0.4) is 0 Å². The Labute approximate surface area is 78.2 Å². The summed E-state index contributed by atoms with van der Waals surface area (Å²) in [7, 11) is 1.83. The van der Waals surface area contributed by atoms with Crippen LogP contribution >= 0.6 is 0 Å². The summed E-state index contributed by atoms with van der Waals surface area (Å²) in [6.45, 7) is 0.678. The molecular weight excluding hydrogens is 165 g/mol. The standard InChI is InChI=1S/C11H12FN/c1-3-4-9-13(2)11-8-6-5-7-10(11)12/h1,5-8H,4,9H2,2H3. The minimum absolute atomic E-state index is 0.206. The van der Waals surface area contributed by atoms with Gasteiger partial charge in [-0.25, -0.2) is 4.39 Å². The number of para-hydroxylation sites is 1. The Balaban J connectivity index is 2.72. The maximum Gasteiger partial charge on any atom is 0.146 e. The third-order valence-corrected chi connectivity index (χ3v) is 1.86. The number of benzene rings is 1. The predicted molar refractivity (Wildman–Crippen MR) is 53.1 cm³/mol. The molecule has 0 saturated heterocycles. The van der Waals surface area contributed by atoms with E-state index in [0.29, 0.717) is 18.7 Å². The van der Waals surface area contributed by atoms with Crippen LogP contribution in [0.4, 0.5) is 10.1 Å². The van der Waals surface area contributed by atoms with Crippen molar-refractivity contribution in [1.82, 2.24) is 0 Å². The summed E-state index contributed by atoms with van der Waals surface area (Å²) < 4.78 is 13.2. The molecule has 68 valence electrons. The summed E-state index contributed by atoms with van der Waals surface area (Å²) in [5, 5.41) is 0. The first kappa shape index (κ1) is 9.60. The van der Waals surface area contributed by atoms with Crippen LogP contribution in [-0.4, -0.2) is 13.6 Å². The highest BCUT2D eigenvalue weighted by molar-refractivity contribution is 5.46. The van der Waals surface area contributed by atoms with Crippen molar-refractivity contribution in [3.63, 3.8) is 0 Å². The molecule has 1 nitrogen and oxygen atoms in total. The molecule has 0 amide bonds. The maximum atomic E-state index is 13.2. The van der Waals surface area contributed by atoms with Gasteiger partial charge in [-0.2, -0.15) is 0 Å². The van der Waals surface area contributed by atoms with E-state index in [1.54, 1.807) is 12.1 Å². The number of rotatable bonds is 3. The second-order valence-corrected chi connectivity index (χ2v) is 2.83. The first-order valence-electron chi connectivity index (χ1n) is 4.15. The summed E-state index contributed by atoms with van der Waals surface area (Å²) >= 11 is 0. The van der Waals surface area contributed by atoms with Gasteiger partial charge in [-0.1, -0.05) is 12.1 Å². The molecule has 0 aliphatic heterocycles. The lowest BCUT2D eigenvalue weighted by Crippen LogP contribution is -2.19. The summed E-state index contributed by atoms with van der Waals surface area (Å²) in [5.41, 5.74) is 0.595. The second-order valence-electron chi connectivity index (χ2n) is 2.83. The molecule has 13 heavy (non-hydrogen) atoms. The molecule has 0 bridgehead atoms. The van der Waals surface area contributed by atoms with Crippen LogP contribution in [0.2, 0.25) is 0 Å². The van der Waals surface area contributed by atoms with Gasteiger partial charge in [-0.05, 0) is 12.1 Å². The van der Waals surface area contributed by atoms with Gasteiger partial charge in [-0.15, -0.1) is 12.3 Å². The average Bonchev–Trinajstić information content (AvgIpc) is 2.15. The molecule has 0 heterocycles. The van der Waals surface area contributed by atoms with Gasteiger partial charge in [-0.3, -0.25) is 0 Å². The first-order chi connectivity index (χ1) is 6.25. The Kier molecular flexibility index (Phi) is 3.33. The minimum Gasteiger partial charge on any atom is -0.371 e. The summed E-state index contributed by atoms with van der Waals surface area (Å²) in [6, 6.07) is 6.67. The van der Waals surface area contributed by atoms with Gasteiger partial charge in [0, 0.05) is 20.0 Å². The molecule has 0 saturated carbocycles. The minimum atomic E-state index is -0.206. The average molecular weight is 177 g/mol. The number of halogens is 1. The van der Waals surface area contributed by atoms with Crippen molar-refractivity contribution in [2.45, 2.75) is 6.42 Å². The Hall–Kier alpha value is -1.49. The zero-order valence-corrected chi connectivity index (χ0v) is 7.63. The lowest BCUT2D eigenvalue weighted by atomic mass is 10.2. The van der Waals surface area contributed by atoms with Crippen LogP contribution < -0.4 is 4.90 Å². The molecule has 0 aliphatic carbocycles.